The monoisotopic (exact) mass is 308 g/mol. The van der Waals surface area contributed by atoms with Crippen LogP contribution >= 0.6 is 0 Å². The Morgan fingerprint density at radius 1 is 1.36 bits per heavy atom. The van der Waals surface area contributed by atoms with E-state index in [0.717, 1.165) is 5.69 Å². The maximum atomic E-state index is 12.7. The molecular weight excluding hydrogens is 288 g/mol. The summed E-state index contributed by atoms with van der Waals surface area (Å²) in [5.74, 6) is 1.15. The number of hydrogen-bond acceptors (Lipinski definition) is 6. The normalized spacial score (nSPS) is 20.9. The number of anilines is 2. The molecule has 0 fully saturated rings. The van der Waals surface area contributed by atoms with E-state index in [0.29, 0.717) is 17.2 Å². The predicted molar refractivity (Wildman–Crippen MR) is 80.3 cm³/mol. The maximum Gasteiger partial charge on any atom is 0.249 e. The number of β-amino-alcohol motifs (C(OH)–C–C–N with tert-alkyl or cyclic N) is 1. The zero-order valence-corrected chi connectivity index (χ0v) is 12.6. The largest absolute Gasteiger partial charge is 0.454 e. The van der Waals surface area contributed by atoms with E-state index >= 15 is 0 Å². The lowest BCUT2D eigenvalue weighted by molar-refractivity contribution is -0.120. The van der Waals surface area contributed by atoms with Gasteiger partial charge >= 0.3 is 0 Å². The standard InChI is InChI=1S/C15H20N2O5/c1-8(2)14-15(20)17(5-9(19)6-18)11-4-13-12(21-7-22-13)3-10(11)16-14/h3-4,8-9,14,16,18-19H,5-7H2,1-2H3. The number of aliphatic hydroxyl groups is 2. The zero-order valence-electron chi connectivity index (χ0n) is 12.6. The summed E-state index contributed by atoms with van der Waals surface area (Å²) in [6.45, 7) is 3.69. The number of benzene rings is 1. The molecule has 3 N–H and O–H groups in total. The van der Waals surface area contributed by atoms with Gasteiger partial charge in [-0.2, -0.15) is 0 Å². The minimum absolute atomic E-state index is 0.0346. The predicted octanol–water partition coefficient (Wildman–Crippen LogP) is 0.552. The van der Waals surface area contributed by atoms with Crippen LogP contribution in [-0.4, -0.2) is 48.2 Å². The molecule has 0 radical (unpaired) electrons. The minimum Gasteiger partial charge on any atom is -0.454 e. The number of amides is 1. The van der Waals surface area contributed by atoms with Crippen molar-refractivity contribution in [3.05, 3.63) is 12.1 Å². The molecule has 1 aromatic carbocycles. The number of nitrogens with one attached hydrogen (secondary N) is 1. The van der Waals surface area contributed by atoms with Crippen LogP contribution in [0.15, 0.2) is 12.1 Å². The Kier molecular flexibility index (Phi) is 3.84. The first-order chi connectivity index (χ1) is 10.5. The SMILES string of the molecule is CC(C)C1Nc2cc3c(cc2N(CC(O)CO)C1=O)OCO3. The molecule has 7 nitrogen and oxygen atoms in total. The highest BCUT2D eigenvalue weighted by Crippen LogP contribution is 2.43. The Labute approximate surface area is 128 Å². The number of carbonyl (C=O) groups excluding carboxylic acids is 1. The third kappa shape index (κ3) is 2.46. The van der Waals surface area contributed by atoms with Crippen LogP contribution in [0.25, 0.3) is 0 Å². The second-order valence-corrected chi connectivity index (χ2v) is 5.87. The highest BCUT2D eigenvalue weighted by Gasteiger charge is 2.36. The van der Waals surface area contributed by atoms with Crippen molar-refractivity contribution in [1.82, 2.24) is 0 Å². The van der Waals surface area contributed by atoms with Gasteiger partial charge in [0.1, 0.15) is 6.04 Å². The first kappa shape index (κ1) is 14.9. The molecule has 0 saturated heterocycles. The molecule has 1 aromatic rings. The lowest BCUT2D eigenvalue weighted by atomic mass is 9.98. The smallest absolute Gasteiger partial charge is 0.249 e. The molecule has 0 spiro atoms. The number of carbonyl (C=O) groups is 1. The van der Waals surface area contributed by atoms with Crippen molar-refractivity contribution in [2.45, 2.75) is 26.0 Å². The number of ether oxygens (including phenoxy) is 2. The van der Waals surface area contributed by atoms with Crippen LogP contribution in [0.4, 0.5) is 11.4 Å². The number of nitrogens with zero attached hydrogens (tertiary/aromatic N) is 1. The maximum absolute atomic E-state index is 12.7. The van der Waals surface area contributed by atoms with Crippen molar-refractivity contribution in [3.8, 4) is 11.5 Å². The van der Waals surface area contributed by atoms with Gasteiger partial charge in [0.05, 0.1) is 30.6 Å². The highest BCUT2D eigenvalue weighted by atomic mass is 16.7. The fourth-order valence-corrected chi connectivity index (χ4v) is 2.69. The molecule has 2 aliphatic heterocycles. The summed E-state index contributed by atoms with van der Waals surface area (Å²) in [5, 5.41) is 22.1. The van der Waals surface area contributed by atoms with E-state index in [1.54, 1.807) is 12.1 Å². The molecule has 2 unspecified atom stereocenters. The summed E-state index contributed by atoms with van der Waals surface area (Å²) in [6, 6.07) is 3.14. The van der Waals surface area contributed by atoms with Crippen molar-refractivity contribution in [2.75, 3.05) is 30.2 Å². The van der Waals surface area contributed by atoms with Crippen LogP contribution < -0.4 is 19.7 Å². The van der Waals surface area contributed by atoms with E-state index in [4.69, 9.17) is 14.6 Å². The molecule has 2 heterocycles. The van der Waals surface area contributed by atoms with E-state index in [9.17, 15) is 9.90 Å². The van der Waals surface area contributed by atoms with E-state index < -0.39 is 18.8 Å². The van der Waals surface area contributed by atoms with Crippen LogP contribution in [0.3, 0.4) is 0 Å². The average Bonchev–Trinajstić information content (AvgIpc) is 2.94. The van der Waals surface area contributed by atoms with Gasteiger partial charge in [-0.3, -0.25) is 4.79 Å². The van der Waals surface area contributed by atoms with Crippen molar-refractivity contribution in [2.24, 2.45) is 5.92 Å². The molecule has 0 aliphatic carbocycles. The van der Waals surface area contributed by atoms with Crippen LogP contribution in [0.2, 0.25) is 0 Å². The first-order valence-electron chi connectivity index (χ1n) is 7.31. The molecule has 120 valence electrons. The zero-order chi connectivity index (χ0) is 15.9. The van der Waals surface area contributed by atoms with Crippen LogP contribution in [0.1, 0.15) is 13.8 Å². The third-order valence-corrected chi connectivity index (χ3v) is 3.90. The summed E-state index contributed by atoms with van der Waals surface area (Å²) in [5.41, 5.74) is 1.38. The van der Waals surface area contributed by atoms with Gasteiger partial charge in [0.15, 0.2) is 11.5 Å². The summed E-state index contributed by atoms with van der Waals surface area (Å²) in [7, 11) is 0. The van der Waals surface area contributed by atoms with Gasteiger partial charge in [-0.25, -0.2) is 0 Å². The first-order valence-corrected chi connectivity index (χ1v) is 7.31. The molecule has 0 saturated carbocycles. The van der Waals surface area contributed by atoms with Crippen molar-refractivity contribution in [1.29, 1.82) is 0 Å². The fraction of sp³-hybridized carbons (Fsp3) is 0.533. The van der Waals surface area contributed by atoms with Crippen molar-refractivity contribution in [3.63, 3.8) is 0 Å². The van der Waals surface area contributed by atoms with Crippen LogP contribution in [-0.2, 0) is 4.79 Å². The Morgan fingerprint density at radius 3 is 2.68 bits per heavy atom. The van der Waals surface area contributed by atoms with Crippen LogP contribution in [0.5, 0.6) is 11.5 Å². The summed E-state index contributed by atoms with van der Waals surface area (Å²) in [4.78, 5) is 14.2. The molecule has 1 amide bonds. The Hall–Kier alpha value is -1.99. The highest BCUT2D eigenvalue weighted by molar-refractivity contribution is 6.05. The Morgan fingerprint density at radius 2 is 2.05 bits per heavy atom. The van der Waals surface area contributed by atoms with Crippen molar-refractivity contribution >= 4 is 17.3 Å². The minimum atomic E-state index is -0.992. The van der Waals surface area contributed by atoms with Gasteiger partial charge in [0.2, 0.25) is 12.7 Å². The van der Waals surface area contributed by atoms with Gasteiger partial charge in [-0.1, -0.05) is 13.8 Å². The average molecular weight is 308 g/mol. The second kappa shape index (κ2) is 5.66. The van der Waals surface area contributed by atoms with Gasteiger partial charge in [-0.05, 0) is 5.92 Å². The molecule has 2 aliphatic rings. The topological polar surface area (TPSA) is 91.3 Å². The fourth-order valence-electron chi connectivity index (χ4n) is 2.69. The number of aliphatic hydroxyl groups excluding tert-OH is 2. The van der Waals surface area contributed by atoms with E-state index in [1.165, 1.54) is 4.90 Å². The van der Waals surface area contributed by atoms with Gasteiger partial charge in [0.25, 0.3) is 0 Å². The van der Waals surface area contributed by atoms with E-state index in [2.05, 4.69) is 5.32 Å². The van der Waals surface area contributed by atoms with Crippen LogP contribution in [0, 0.1) is 5.92 Å². The lowest BCUT2D eigenvalue weighted by Crippen LogP contribution is -2.52. The Bertz CT molecular complexity index is 590. The summed E-state index contributed by atoms with van der Waals surface area (Å²) in [6.07, 6.45) is -0.992. The molecule has 0 aromatic heterocycles. The summed E-state index contributed by atoms with van der Waals surface area (Å²) < 4.78 is 10.7. The van der Waals surface area contributed by atoms with Gasteiger partial charge in [-0.15, -0.1) is 0 Å². The number of hydrogen-bond donors (Lipinski definition) is 3. The van der Waals surface area contributed by atoms with E-state index in [1.807, 2.05) is 13.8 Å². The lowest BCUT2D eigenvalue weighted by Gasteiger charge is -2.37. The number of fused-ring (bicyclic) bond motifs is 2. The number of rotatable bonds is 4. The molecular formula is C15H20N2O5. The molecule has 22 heavy (non-hydrogen) atoms. The van der Waals surface area contributed by atoms with Crippen molar-refractivity contribution < 1.29 is 24.5 Å². The van der Waals surface area contributed by atoms with Gasteiger partial charge in [0, 0.05) is 12.1 Å². The molecule has 2 atom stereocenters. The third-order valence-electron chi connectivity index (χ3n) is 3.90. The summed E-state index contributed by atoms with van der Waals surface area (Å²) >= 11 is 0. The van der Waals surface area contributed by atoms with E-state index in [-0.39, 0.29) is 25.2 Å². The molecule has 3 rings (SSSR count). The van der Waals surface area contributed by atoms with Gasteiger partial charge < -0.3 is 29.9 Å². The second-order valence-electron chi connectivity index (χ2n) is 5.87. The molecule has 0 bridgehead atoms. The quantitative estimate of drug-likeness (QED) is 0.752. The Balaban J connectivity index is 2.02. The molecule has 7 heteroatoms.